The normalized spacial score (nSPS) is 21.4. The Morgan fingerprint density at radius 2 is 2.19 bits per heavy atom. The zero-order valence-corrected chi connectivity index (χ0v) is 19.7. The molecular weight excluding hydrogens is 450 g/mol. The smallest absolute Gasteiger partial charge is 0.265 e. The fourth-order valence-corrected chi connectivity index (χ4v) is 6.47. The third-order valence-corrected chi connectivity index (χ3v) is 8.74. The van der Waals surface area contributed by atoms with Crippen molar-refractivity contribution in [3.05, 3.63) is 40.1 Å². The second kappa shape index (κ2) is 9.21. The molecule has 0 bridgehead atoms. The molecule has 2 aromatic rings. The fraction of sp³-hybridized carbons (Fsp3) is 0.455. The van der Waals surface area contributed by atoms with Crippen LogP contribution in [-0.4, -0.2) is 43.7 Å². The molecule has 2 unspecified atom stereocenters. The number of amides is 2. The SMILES string of the molecule is CCC1Oc2cc(S(=O)(=O)N3CCCC(C(=O)NCc4cccs4)C3)c(C)cc2NC1=O. The van der Waals surface area contributed by atoms with E-state index in [9.17, 15) is 18.0 Å². The highest BCUT2D eigenvalue weighted by Crippen LogP contribution is 2.36. The number of benzene rings is 1. The first kappa shape index (κ1) is 22.8. The van der Waals surface area contributed by atoms with Crippen LogP contribution in [0.1, 0.15) is 36.6 Å². The number of carbonyl (C=O) groups is 2. The van der Waals surface area contributed by atoms with Gasteiger partial charge in [0.25, 0.3) is 5.91 Å². The molecule has 8 nitrogen and oxygen atoms in total. The van der Waals surface area contributed by atoms with Crippen molar-refractivity contribution in [3.8, 4) is 5.75 Å². The van der Waals surface area contributed by atoms with E-state index in [0.29, 0.717) is 49.4 Å². The Morgan fingerprint density at radius 3 is 2.91 bits per heavy atom. The monoisotopic (exact) mass is 477 g/mol. The Kier molecular flexibility index (Phi) is 6.55. The highest BCUT2D eigenvalue weighted by atomic mass is 32.2. The summed E-state index contributed by atoms with van der Waals surface area (Å²) in [6.45, 7) is 4.48. The first-order valence-corrected chi connectivity index (χ1v) is 13.0. The van der Waals surface area contributed by atoms with E-state index in [0.717, 1.165) is 4.88 Å². The molecule has 2 atom stereocenters. The van der Waals surface area contributed by atoms with E-state index in [2.05, 4.69) is 10.6 Å². The number of piperidine rings is 1. The Bertz CT molecular complexity index is 1110. The van der Waals surface area contributed by atoms with E-state index in [4.69, 9.17) is 4.74 Å². The summed E-state index contributed by atoms with van der Waals surface area (Å²) in [7, 11) is -3.83. The first-order chi connectivity index (χ1) is 15.3. The van der Waals surface area contributed by atoms with Crippen molar-refractivity contribution >= 4 is 38.9 Å². The predicted octanol–water partition coefficient (Wildman–Crippen LogP) is 2.88. The quantitative estimate of drug-likeness (QED) is 0.666. The zero-order chi connectivity index (χ0) is 22.9. The van der Waals surface area contributed by atoms with Gasteiger partial charge in [-0.2, -0.15) is 4.31 Å². The molecule has 0 aliphatic carbocycles. The van der Waals surface area contributed by atoms with Crippen LogP contribution < -0.4 is 15.4 Å². The summed E-state index contributed by atoms with van der Waals surface area (Å²) in [6.07, 6.45) is 1.10. The largest absolute Gasteiger partial charge is 0.478 e. The number of anilines is 1. The second-order valence-corrected chi connectivity index (χ2v) is 11.1. The number of carbonyl (C=O) groups excluding carboxylic acids is 2. The van der Waals surface area contributed by atoms with Gasteiger partial charge in [0.15, 0.2) is 6.10 Å². The molecule has 3 heterocycles. The molecule has 1 aromatic carbocycles. The molecule has 4 rings (SSSR count). The van der Waals surface area contributed by atoms with Gasteiger partial charge in [0.1, 0.15) is 5.75 Å². The van der Waals surface area contributed by atoms with Crippen LogP contribution in [0, 0.1) is 12.8 Å². The highest BCUT2D eigenvalue weighted by Gasteiger charge is 2.35. The molecule has 0 saturated carbocycles. The maximum Gasteiger partial charge on any atom is 0.265 e. The van der Waals surface area contributed by atoms with Gasteiger partial charge < -0.3 is 15.4 Å². The molecule has 1 fully saturated rings. The van der Waals surface area contributed by atoms with Gasteiger partial charge in [-0.1, -0.05) is 13.0 Å². The predicted molar refractivity (Wildman–Crippen MR) is 122 cm³/mol. The van der Waals surface area contributed by atoms with Crippen LogP contribution in [0.25, 0.3) is 0 Å². The van der Waals surface area contributed by atoms with E-state index in [1.54, 1.807) is 24.3 Å². The Labute approximate surface area is 192 Å². The molecule has 2 aliphatic heterocycles. The summed E-state index contributed by atoms with van der Waals surface area (Å²) in [6, 6.07) is 7.00. The molecule has 2 aliphatic rings. The van der Waals surface area contributed by atoms with Gasteiger partial charge in [0, 0.05) is 24.0 Å². The van der Waals surface area contributed by atoms with Crippen molar-refractivity contribution in [3.63, 3.8) is 0 Å². The maximum absolute atomic E-state index is 13.5. The molecule has 32 heavy (non-hydrogen) atoms. The molecule has 1 aromatic heterocycles. The summed E-state index contributed by atoms with van der Waals surface area (Å²) >= 11 is 1.57. The molecule has 10 heteroatoms. The standard InChI is InChI=1S/C22H27N3O5S2/c1-3-18-22(27)24-17-10-14(2)20(11-19(17)30-18)32(28,29)25-8-4-6-15(13-25)21(26)23-12-16-7-5-9-31-16/h5,7,9-11,15,18H,3-4,6,8,12-13H2,1-2H3,(H,23,26)(H,24,27). The third-order valence-electron chi connectivity index (χ3n) is 5.86. The van der Waals surface area contributed by atoms with Crippen LogP contribution >= 0.6 is 11.3 Å². The summed E-state index contributed by atoms with van der Waals surface area (Å²) in [4.78, 5) is 25.9. The third kappa shape index (κ3) is 4.53. The number of hydrogen-bond acceptors (Lipinski definition) is 6. The number of nitrogens with zero attached hydrogens (tertiary/aromatic N) is 1. The van der Waals surface area contributed by atoms with Gasteiger partial charge in [-0.25, -0.2) is 8.42 Å². The minimum Gasteiger partial charge on any atom is -0.478 e. The van der Waals surface area contributed by atoms with E-state index in [1.807, 2.05) is 24.4 Å². The average Bonchev–Trinajstić information content (AvgIpc) is 3.30. The van der Waals surface area contributed by atoms with Crippen LogP contribution in [0.3, 0.4) is 0 Å². The molecule has 1 saturated heterocycles. The lowest BCUT2D eigenvalue weighted by atomic mass is 9.99. The van der Waals surface area contributed by atoms with E-state index in [1.165, 1.54) is 10.4 Å². The van der Waals surface area contributed by atoms with Gasteiger partial charge in [0.2, 0.25) is 15.9 Å². The minimum atomic E-state index is -3.83. The van der Waals surface area contributed by atoms with Gasteiger partial charge in [-0.05, 0) is 49.3 Å². The molecule has 172 valence electrons. The van der Waals surface area contributed by atoms with E-state index in [-0.39, 0.29) is 23.3 Å². The maximum atomic E-state index is 13.5. The lowest BCUT2D eigenvalue weighted by molar-refractivity contribution is -0.126. The van der Waals surface area contributed by atoms with Gasteiger partial charge >= 0.3 is 0 Å². The van der Waals surface area contributed by atoms with Crippen LogP contribution in [0.2, 0.25) is 0 Å². The van der Waals surface area contributed by atoms with E-state index < -0.39 is 22.0 Å². The average molecular weight is 478 g/mol. The van der Waals surface area contributed by atoms with Crippen LogP contribution in [-0.2, 0) is 26.2 Å². The lowest BCUT2D eigenvalue weighted by Gasteiger charge is -2.32. The number of aryl methyl sites for hydroxylation is 1. The van der Waals surface area contributed by atoms with Crippen LogP contribution in [0.15, 0.2) is 34.5 Å². The van der Waals surface area contributed by atoms with Crippen LogP contribution in [0.5, 0.6) is 5.75 Å². The zero-order valence-electron chi connectivity index (χ0n) is 18.1. The topological polar surface area (TPSA) is 105 Å². The van der Waals surface area contributed by atoms with Gasteiger partial charge in [-0.3, -0.25) is 9.59 Å². The van der Waals surface area contributed by atoms with Gasteiger partial charge in [-0.15, -0.1) is 11.3 Å². The second-order valence-electron chi connectivity index (χ2n) is 8.12. The summed E-state index contributed by atoms with van der Waals surface area (Å²) in [5, 5.41) is 7.66. The van der Waals surface area contributed by atoms with Gasteiger partial charge in [0.05, 0.1) is 23.0 Å². The number of thiophene rings is 1. The first-order valence-electron chi connectivity index (χ1n) is 10.7. The lowest BCUT2D eigenvalue weighted by Crippen LogP contribution is -2.45. The van der Waals surface area contributed by atoms with Crippen molar-refractivity contribution in [2.24, 2.45) is 5.92 Å². The molecular formula is C22H27N3O5S2. The summed E-state index contributed by atoms with van der Waals surface area (Å²) in [5.41, 5.74) is 0.993. The van der Waals surface area contributed by atoms with Crippen LogP contribution in [0.4, 0.5) is 5.69 Å². The molecule has 2 N–H and O–H groups in total. The number of hydrogen-bond donors (Lipinski definition) is 2. The number of rotatable bonds is 6. The highest BCUT2D eigenvalue weighted by molar-refractivity contribution is 7.89. The number of nitrogens with one attached hydrogen (secondary N) is 2. The summed E-state index contributed by atoms with van der Waals surface area (Å²) < 4.78 is 34.1. The van der Waals surface area contributed by atoms with Crippen molar-refractivity contribution in [2.75, 3.05) is 18.4 Å². The van der Waals surface area contributed by atoms with Crippen molar-refractivity contribution < 1.29 is 22.7 Å². The van der Waals surface area contributed by atoms with E-state index >= 15 is 0 Å². The summed E-state index contributed by atoms with van der Waals surface area (Å²) in [5.74, 6) is -0.404. The minimum absolute atomic E-state index is 0.128. The Balaban J connectivity index is 1.51. The number of ether oxygens (including phenoxy) is 1. The molecule has 2 amide bonds. The number of fused-ring (bicyclic) bond motifs is 1. The molecule has 0 spiro atoms. The van der Waals surface area contributed by atoms with Crippen molar-refractivity contribution in [1.29, 1.82) is 0 Å². The molecule has 0 radical (unpaired) electrons. The fourth-order valence-electron chi connectivity index (χ4n) is 4.08. The Hall–Kier alpha value is -2.43. The van der Waals surface area contributed by atoms with Crippen molar-refractivity contribution in [2.45, 2.75) is 50.7 Å². The Morgan fingerprint density at radius 1 is 1.38 bits per heavy atom. The van der Waals surface area contributed by atoms with Crippen molar-refractivity contribution in [1.82, 2.24) is 9.62 Å². The number of sulfonamides is 1.